The Hall–Kier alpha value is -1.59. The van der Waals surface area contributed by atoms with Crippen molar-refractivity contribution in [1.82, 2.24) is 10.2 Å². The van der Waals surface area contributed by atoms with Crippen LogP contribution in [0.2, 0.25) is 0 Å². The molecular formula is C18H28ClN3O2. The van der Waals surface area contributed by atoms with Crippen LogP contribution in [0.5, 0.6) is 0 Å². The summed E-state index contributed by atoms with van der Waals surface area (Å²) < 4.78 is 0. The summed E-state index contributed by atoms with van der Waals surface area (Å²) in [6.07, 6.45) is 3.73. The van der Waals surface area contributed by atoms with Gasteiger partial charge in [0.05, 0.1) is 5.92 Å². The molecule has 1 saturated heterocycles. The highest BCUT2D eigenvalue weighted by molar-refractivity contribution is 5.85. The number of nitrogens with two attached hydrogens (primary N) is 1. The maximum Gasteiger partial charge on any atom is 0.224 e. The van der Waals surface area contributed by atoms with Gasteiger partial charge in [0, 0.05) is 32.1 Å². The Labute approximate surface area is 150 Å². The normalized spacial score (nSPS) is 16.7. The summed E-state index contributed by atoms with van der Waals surface area (Å²) >= 11 is 0. The Bertz CT molecular complexity index is 518. The van der Waals surface area contributed by atoms with E-state index < -0.39 is 0 Å². The van der Waals surface area contributed by atoms with Crippen molar-refractivity contribution in [2.24, 2.45) is 11.7 Å². The molecule has 134 valence electrons. The molecule has 2 rings (SSSR count). The van der Waals surface area contributed by atoms with E-state index in [0.29, 0.717) is 13.0 Å². The van der Waals surface area contributed by atoms with Crippen molar-refractivity contribution in [2.45, 2.75) is 38.6 Å². The molecular weight excluding hydrogens is 326 g/mol. The second-order valence-corrected chi connectivity index (χ2v) is 6.21. The third-order valence-corrected chi connectivity index (χ3v) is 4.48. The number of benzene rings is 1. The van der Waals surface area contributed by atoms with E-state index in [1.807, 2.05) is 42.2 Å². The molecule has 0 saturated carbocycles. The molecule has 0 bridgehead atoms. The monoisotopic (exact) mass is 353 g/mol. The van der Waals surface area contributed by atoms with Crippen molar-refractivity contribution in [2.75, 3.05) is 19.6 Å². The number of nitrogens with one attached hydrogen (secondary N) is 1. The highest BCUT2D eigenvalue weighted by Gasteiger charge is 2.22. The Morgan fingerprint density at radius 1 is 1.17 bits per heavy atom. The smallest absolute Gasteiger partial charge is 0.224 e. The van der Waals surface area contributed by atoms with E-state index in [2.05, 4.69) is 5.32 Å². The predicted molar refractivity (Wildman–Crippen MR) is 97.8 cm³/mol. The molecule has 1 aliphatic heterocycles. The summed E-state index contributed by atoms with van der Waals surface area (Å²) in [5, 5.41) is 2.84. The van der Waals surface area contributed by atoms with Crippen molar-refractivity contribution in [1.29, 1.82) is 0 Å². The molecule has 0 aliphatic carbocycles. The Morgan fingerprint density at radius 3 is 2.42 bits per heavy atom. The van der Waals surface area contributed by atoms with E-state index in [1.54, 1.807) is 0 Å². The number of carbonyl (C=O) groups excluding carboxylic acids is 2. The minimum absolute atomic E-state index is 0. The SMILES string of the molecule is CC(C(=O)NCCC(=O)N1CCCCC1)C(N)c1ccccc1.Cl. The number of halogens is 1. The van der Waals surface area contributed by atoms with E-state index in [4.69, 9.17) is 5.73 Å². The van der Waals surface area contributed by atoms with Gasteiger partial charge in [-0.25, -0.2) is 0 Å². The van der Waals surface area contributed by atoms with Gasteiger partial charge < -0.3 is 16.0 Å². The van der Waals surface area contributed by atoms with Gasteiger partial charge in [0.1, 0.15) is 0 Å². The molecule has 3 N–H and O–H groups in total. The van der Waals surface area contributed by atoms with E-state index in [-0.39, 0.29) is 36.2 Å². The van der Waals surface area contributed by atoms with E-state index in [0.717, 1.165) is 31.5 Å². The van der Waals surface area contributed by atoms with Crippen molar-refractivity contribution in [3.05, 3.63) is 35.9 Å². The molecule has 1 aromatic rings. The number of hydrogen-bond donors (Lipinski definition) is 2. The first-order chi connectivity index (χ1) is 11.1. The molecule has 1 heterocycles. The van der Waals surface area contributed by atoms with Gasteiger partial charge >= 0.3 is 0 Å². The van der Waals surface area contributed by atoms with Gasteiger partial charge in [-0.05, 0) is 24.8 Å². The van der Waals surface area contributed by atoms with Gasteiger partial charge in [0.25, 0.3) is 0 Å². The second-order valence-electron chi connectivity index (χ2n) is 6.21. The quantitative estimate of drug-likeness (QED) is 0.823. The van der Waals surface area contributed by atoms with Crippen molar-refractivity contribution < 1.29 is 9.59 Å². The summed E-state index contributed by atoms with van der Waals surface area (Å²) in [5.41, 5.74) is 7.10. The predicted octanol–water partition coefficient (Wildman–Crippen LogP) is 2.26. The molecule has 6 heteroatoms. The molecule has 0 spiro atoms. The molecule has 24 heavy (non-hydrogen) atoms. The lowest BCUT2D eigenvalue weighted by molar-refractivity contribution is -0.132. The zero-order valence-electron chi connectivity index (χ0n) is 14.2. The van der Waals surface area contributed by atoms with Crippen LogP contribution in [0.15, 0.2) is 30.3 Å². The van der Waals surface area contributed by atoms with Crippen LogP contribution in [0.4, 0.5) is 0 Å². The highest BCUT2D eigenvalue weighted by Crippen LogP contribution is 2.19. The lowest BCUT2D eigenvalue weighted by Crippen LogP contribution is -2.40. The molecule has 0 radical (unpaired) electrons. The van der Waals surface area contributed by atoms with E-state index >= 15 is 0 Å². The zero-order valence-corrected chi connectivity index (χ0v) is 15.1. The van der Waals surface area contributed by atoms with Crippen LogP contribution in [0, 0.1) is 5.92 Å². The number of likely N-dealkylation sites (tertiary alicyclic amines) is 1. The number of piperidine rings is 1. The van der Waals surface area contributed by atoms with Crippen LogP contribution in [0.3, 0.4) is 0 Å². The third kappa shape index (κ3) is 5.80. The van der Waals surface area contributed by atoms with Gasteiger partial charge in [-0.2, -0.15) is 0 Å². The number of hydrogen-bond acceptors (Lipinski definition) is 3. The van der Waals surface area contributed by atoms with Crippen LogP contribution >= 0.6 is 12.4 Å². The molecule has 1 aliphatic rings. The van der Waals surface area contributed by atoms with Gasteiger partial charge in [-0.3, -0.25) is 9.59 Å². The first kappa shape index (κ1) is 20.5. The Balaban J connectivity index is 0.00000288. The first-order valence-corrected chi connectivity index (χ1v) is 8.45. The number of rotatable bonds is 6. The fourth-order valence-electron chi connectivity index (χ4n) is 2.88. The average Bonchev–Trinajstić information content (AvgIpc) is 2.61. The van der Waals surface area contributed by atoms with Gasteiger partial charge in [0.15, 0.2) is 0 Å². The zero-order chi connectivity index (χ0) is 16.7. The van der Waals surface area contributed by atoms with E-state index in [1.165, 1.54) is 6.42 Å². The molecule has 0 aromatic heterocycles. The minimum atomic E-state index is -0.339. The number of amides is 2. The third-order valence-electron chi connectivity index (χ3n) is 4.48. The fraction of sp³-hybridized carbons (Fsp3) is 0.556. The second kappa shape index (κ2) is 10.3. The summed E-state index contributed by atoms with van der Waals surface area (Å²) in [6, 6.07) is 9.26. The largest absolute Gasteiger partial charge is 0.355 e. The molecule has 2 amide bonds. The summed E-state index contributed by atoms with van der Waals surface area (Å²) in [7, 11) is 0. The van der Waals surface area contributed by atoms with Gasteiger partial charge in [0.2, 0.25) is 11.8 Å². The fourth-order valence-corrected chi connectivity index (χ4v) is 2.88. The topological polar surface area (TPSA) is 75.4 Å². The van der Waals surface area contributed by atoms with Crippen LogP contribution in [0.1, 0.15) is 44.2 Å². The van der Waals surface area contributed by atoms with Crippen LogP contribution in [-0.4, -0.2) is 36.3 Å². The van der Waals surface area contributed by atoms with Crippen molar-refractivity contribution in [3.63, 3.8) is 0 Å². The van der Waals surface area contributed by atoms with Gasteiger partial charge in [-0.1, -0.05) is 37.3 Å². The maximum absolute atomic E-state index is 12.2. The molecule has 2 unspecified atom stereocenters. The Morgan fingerprint density at radius 2 is 1.79 bits per heavy atom. The lowest BCUT2D eigenvalue weighted by atomic mass is 9.94. The maximum atomic E-state index is 12.2. The summed E-state index contributed by atoms with van der Waals surface area (Å²) in [5.74, 6) is -0.305. The number of carbonyl (C=O) groups is 2. The Kier molecular flexibility index (Phi) is 8.79. The van der Waals surface area contributed by atoms with Crippen molar-refractivity contribution in [3.8, 4) is 0 Å². The molecule has 5 nitrogen and oxygen atoms in total. The lowest BCUT2D eigenvalue weighted by Gasteiger charge is -2.27. The molecule has 1 fully saturated rings. The van der Waals surface area contributed by atoms with Crippen LogP contribution < -0.4 is 11.1 Å². The molecule has 2 atom stereocenters. The standard InChI is InChI=1S/C18H27N3O2.ClH/c1-14(17(19)15-8-4-2-5-9-15)18(23)20-11-10-16(22)21-12-6-3-7-13-21;/h2,4-5,8-9,14,17H,3,6-7,10-13,19H2,1H3,(H,20,23);1H. The minimum Gasteiger partial charge on any atom is -0.355 e. The van der Waals surface area contributed by atoms with Crippen LogP contribution in [0.25, 0.3) is 0 Å². The first-order valence-electron chi connectivity index (χ1n) is 8.45. The average molecular weight is 354 g/mol. The summed E-state index contributed by atoms with van der Waals surface area (Å²) in [4.78, 5) is 26.2. The van der Waals surface area contributed by atoms with E-state index in [9.17, 15) is 9.59 Å². The molecule has 1 aromatic carbocycles. The van der Waals surface area contributed by atoms with Crippen molar-refractivity contribution >= 4 is 24.2 Å². The summed E-state index contributed by atoms with van der Waals surface area (Å²) in [6.45, 7) is 3.89. The van der Waals surface area contributed by atoms with Gasteiger partial charge in [-0.15, -0.1) is 12.4 Å². The van der Waals surface area contributed by atoms with Crippen LogP contribution in [-0.2, 0) is 9.59 Å². The highest BCUT2D eigenvalue weighted by atomic mass is 35.5. The number of nitrogens with zero attached hydrogens (tertiary/aromatic N) is 1.